The Kier molecular flexibility index (Phi) is 2.73. The fraction of sp³-hybridized carbons (Fsp3) is 0.889. The van der Waals surface area contributed by atoms with Crippen LogP contribution in [0.2, 0.25) is 0 Å². The van der Waals surface area contributed by atoms with Crippen LogP contribution in [0, 0.1) is 11.8 Å². The molecule has 0 spiro atoms. The number of nitrogens with zero attached hydrogens (tertiary/aromatic N) is 1. The first-order chi connectivity index (χ1) is 5.63. The minimum atomic E-state index is -0.167. The average molecular weight is 171 g/mol. The Morgan fingerprint density at radius 3 is 2.42 bits per heavy atom. The highest BCUT2D eigenvalue weighted by Gasteiger charge is 2.41. The third-order valence-electron chi connectivity index (χ3n) is 3.02. The summed E-state index contributed by atoms with van der Waals surface area (Å²) in [7, 11) is 1.82. The molecule has 70 valence electrons. The van der Waals surface area contributed by atoms with Crippen LogP contribution in [0.5, 0.6) is 0 Å². The lowest BCUT2D eigenvalue weighted by Crippen LogP contribution is -2.30. The molecule has 12 heavy (non-hydrogen) atoms. The van der Waals surface area contributed by atoms with Crippen LogP contribution in [0.25, 0.3) is 0 Å². The normalized spacial score (nSPS) is 36.2. The molecular formula is C9H17NO2. The molecule has 0 aromatic rings. The highest BCUT2D eigenvalue weighted by Crippen LogP contribution is 2.30. The molecule has 0 radical (unpaired) electrons. The van der Waals surface area contributed by atoms with Crippen molar-refractivity contribution in [2.24, 2.45) is 11.8 Å². The summed E-state index contributed by atoms with van der Waals surface area (Å²) < 4.78 is 0. The Hall–Kier alpha value is -0.570. The Balaban J connectivity index is 2.78. The van der Waals surface area contributed by atoms with Crippen LogP contribution in [0.4, 0.5) is 0 Å². The van der Waals surface area contributed by atoms with Crippen molar-refractivity contribution in [1.82, 2.24) is 4.90 Å². The van der Waals surface area contributed by atoms with Crippen LogP contribution in [-0.4, -0.2) is 35.6 Å². The second-order valence-electron chi connectivity index (χ2n) is 3.57. The van der Waals surface area contributed by atoms with E-state index in [-0.39, 0.29) is 24.3 Å². The van der Waals surface area contributed by atoms with Crippen molar-refractivity contribution < 1.29 is 9.90 Å². The third-order valence-corrected chi connectivity index (χ3v) is 3.02. The Morgan fingerprint density at radius 1 is 1.58 bits per heavy atom. The maximum absolute atomic E-state index is 11.5. The summed E-state index contributed by atoms with van der Waals surface area (Å²) in [6.45, 7) is 4.10. The lowest BCUT2D eigenvalue weighted by molar-refractivity contribution is -0.131. The molecule has 0 aliphatic carbocycles. The standard InChI is InChI=1S/C9H17NO2/c1-4-8-6(2)7(5-11)9(12)10(8)3/h6-8,11H,4-5H2,1-3H3/t6-,7-,8-/m1/s1. The molecule has 1 N–H and O–H groups in total. The van der Waals surface area contributed by atoms with E-state index in [0.29, 0.717) is 6.04 Å². The van der Waals surface area contributed by atoms with Gasteiger partial charge in [-0.1, -0.05) is 13.8 Å². The van der Waals surface area contributed by atoms with Gasteiger partial charge in [0.15, 0.2) is 0 Å². The average Bonchev–Trinajstić information content (AvgIpc) is 2.25. The first-order valence-corrected chi connectivity index (χ1v) is 4.51. The van der Waals surface area contributed by atoms with Gasteiger partial charge >= 0.3 is 0 Å². The molecule has 3 atom stereocenters. The molecule has 3 nitrogen and oxygen atoms in total. The maximum atomic E-state index is 11.5. The summed E-state index contributed by atoms with van der Waals surface area (Å²) in [5, 5.41) is 8.99. The summed E-state index contributed by atoms with van der Waals surface area (Å²) in [4.78, 5) is 13.3. The number of hydrogen-bond acceptors (Lipinski definition) is 2. The molecule has 0 unspecified atom stereocenters. The Bertz CT molecular complexity index is 181. The lowest BCUT2D eigenvalue weighted by Gasteiger charge is -2.20. The Morgan fingerprint density at radius 2 is 2.17 bits per heavy atom. The predicted octanol–water partition coefficient (Wildman–Crippen LogP) is 0.482. The van der Waals surface area contributed by atoms with Gasteiger partial charge in [-0.15, -0.1) is 0 Å². The van der Waals surface area contributed by atoms with Crippen molar-refractivity contribution in [2.75, 3.05) is 13.7 Å². The fourth-order valence-corrected chi connectivity index (χ4v) is 2.16. The zero-order valence-electron chi connectivity index (χ0n) is 7.95. The van der Waals surface area contributed by atoms with Gasteiger partial charge in [-0.2, -0.15) is 0 Å². The van der Waals surface area contributed by atoms with Gasteiger partial charge in [-0.05, 0) is 12.3 Å². The number of hydrogen-bond donors (Lipinski definition) is 1. The molecule has 0 aromatic carbocycles. The van der Waals surface area contributed by atoms with Crippen LogP contribution < -0.4 is 0 Å². The SMILES string of the molecule is CC[C@@H]1[C@H](C)[C@@H](CO)C(=O)N1C. The number of aliphatic hydroxyl groups is 1. The van der Waals surface area contributed by atoms with E-state index in [1.807, 2.05) is 14.0 Å². The van der Waals surface area contributed by atoms with Crippen molar-refractivity contribution in [1.29, 1.82) is 0 Å². The molecule has 1 saturated heterocycles. The molecule has 1 aliphatic rings. The second kappa shape index (κ2) is 3.44. The van der Waals surface area contributed by atoms with Gasteiger partial charge in [0.05, 0.1) is 12.5 Å². The van der Waals surface area contributed by atoms with Gasteiger partial charge in [0.25, 0.3) is 0 Å². The predicted molar refractivity (Wildman–Crippen MR) is 46.6 cm³/mol. The molecule has 1 amide bonds. The summed E-state index contributed by atoms with van der Waals surface area (Å²) >= 11 is 0. The van der Waals surface area contributed by atoms with Gasteiger partial charge in [0.2, 0.25) is 5.91 Å². The summed E-state index contributed by atoms with van der Waals surface area (Å²) in [5.41, 5.74) is 0. The van der Waals surface area contributed by atoms with Crippen LogP contribution in [0.15, 0.2) is 0 Å². The van der Waals surface area contributed by atoms with E-state index < -0.39 is 0 Å². The van der Waals surface area contributed by atoms with E-state index >= 15 is 0 Å². The van der Waals surface area contributed by atoms with Crippen LogP contribution in [0.3, 0.4) is 0 Å². The lowest BCUT2D eigenvalue weighted by atomic mass is 9.92. The Labute approximate surface area is 73.4 Å². The molecule has 1 fully saturated rings. The largest absolute Gasteiger partial charge is 0.396 e. The van der Waals surface area contributed by atoms with E-state index in [1.165, 1.54) is 0 Å². The quantitative estimate of drug-likeness (QED) is 0.656. The second-order valence-corrected chi connectivity index (χ2v) is 3.57. The minimum absolute atomic E-state index is 0.0131. The van der Waals surface area contributed by atoms with Gasteiger partial charge in [-0.25, -0.2) is 0 Å². The zero-order valence-corrected chi connectivity index (χ0v) is 7.95. The topological polar surface area (TPSA) is 40.5 Å². The minimum Gasteiger partial charge on any atom is -0.396 e. The van der Waals surface area contributed by atoms with Crippen LogP contribution in [0.1, 0.15) is 20.3 Å². The molecule has 0 aromatic heterocycles. The molecular weight excluding hydrogens is 154 g/mol. The monoisotopic (exact) mass is 171 g/mol. The number of aliphatic hydroxyl groups excluding tert-OH is 1. The van der Waals surface area contributed by atoms with Crippen molar-refractivity contribution in [3.63, 3.8) is 0 Å². The van der Waals surface area contributed by atoms with Crippen molar-refractivity contribution in [3.05, 3.63) is 0 Å². The van der Waals surface area contributed by atoms with E-state index in [2.05, 4.69) is 6.92 Å². The third kappa shape index (κ3) is 1.22. The molecule has 1 rings (SSSR count). The molecule has 0 saturated carbocycles. The highest BCUT2D eigenvalue weighted by molar-refractivity contribution is 5.81. The summed E-state index contributed by atoms with van der Waals surface area (Å²) in [6, 6.07) is 0.314. The van der Waals surface area contributed by atoms with E-state index in [4.69, 9.17) is 5.11 Å². The van der Waals surface area contributed by atoms with Gasteiger partial charge < -0.3 is 10.0 Å². The van der Waals surface area contributed by atoms with E-state index in [0.717, 1.165) is 6.42 Å². The summed E-state index contributed by atoms with van der Waals surface area (Å²) in [5.74, 6) is 0.217. The number of likely N-dealkylation sites (tertiary alicyclic amines) is 1. The highest BCUT2D eigenvalue weighted by atomic mass is 16.3. The fourth-order valence-electron chi connectivity index (χ4n) is 2.16. The van der Waals surface area contributed by atoms with Gasteiger partial charge in [0, 0.05) is 13.1 Å². The molecule has 0 bridgehead atoms. The van der Waals surface area contributed by atoms with E-state index in [9.17, 15) is 4.79 Å². The van der Waals surface area contributed by atoms with Crippen molar-refractivity contribution >= 4 is 5.91 Å². The van der Waals surface area contributed by atoms with Crippen LogP contribution in [-0.2, 0) is 4.79 Å². The first-order valence-electron chi connectivity index (χ1n) is 4.51. The van der Waals surface area contributed by atoms with E-state index in [1.54, 1.807) is 4.90 Å². The number of carbonyl (C=O) groups excluding carboxylic acids is 1. The smallest absolute Gasteiger partial charge is 0.228 e. The van der Waals surface area contributed by atoms with Crippen molar-refractivity contribution in [3.8, 4) is 0 Å². The first kappa shape index (κ1) is 9.52. The van der Waals surface area contributed by atoms with Crippen molar-refractivity contribution in [2.45, 2.75) is 26.3 Å². The number of amides is 1. The van der Waals surface area contributed by atoms with Crippen LogP contribution >= 0.6 is 0 Å². The zero-order chi connectivity index (χ0) is 9.30. The molecule has 3 heteroatoms. The molecule has 1 aliphatic heterocycles. The maximum Gasteiger partial charge on any atom is 0.228 e. The molecule has 1 heterocycles. The summed E-state index contributed by atoms with van der Waals surface area (Å²) in [6.07, 6.45) is 0.972. The van der Waals surface area contributed by atoms with Gasteiger partial charge in [-0.3, -0.25) is 4.79 Å². The number of carbonyl (C=O) groups is 1. The van der Waals surface area contributed by atoms with Gasteiger partial charge in [0.1, 0.15) is 0 Å². The number of rotatable bonds is 2.